The van der Waals surface area contributed by atoms with Crippen molar-refractivity contribution in [1.82, 2.24) is 14.8 Å². The Morgan fingerprint density at radius 2 is 1.74 bits per heavy atom. The summed E-state index contributed by atoms with van der Waals surface area (Å²) in [5.74, 6) is 2.00. The molecule has 0 unspecified atom stereocenters. The van der Waals surface area contributed by atoms with Crippen LogP contribution in [0, 0.1) is 0 Å². The van der Waals surface area contributed by atoms with Gasteiger partial charge in [0.15, 0.2) is 10.9 Å². The molecule has 138 valence electrons. The Morgan fingerprint density at radius 1 is 0.963 bits per heavy atom. The molecule has 0 saturated carbocycles. The molecular formula is C20H20ClN5S. The number of nitrogens with one attached hydrogen (secondary N) is 2. The van der Waals surface area contributed by atoms with Crippen LogP contribution in [0.3, 0.4) is 0 Å². The number of aromatic nitrogens is 3. The molecule has 1 aromatic heterocycles. The van der Waals surface area contributed by atoms with Crippen molar-refractivity contribution in [2.75, 3.05) is 10.6 Å². The van der Waals surface area contributed by atoms with Crippen molar-refractivity contribution in [2.45, 2.75) is 32.2 Å². The Bertz CT molecular complexity index is 969. The van der Waals surface area contributed by atoms with Gasteiger partial charge in [-0.2, -0.15) is 0 Å². The van der Waals surface area contributed by atoms with Gasteiger partial charge in [0.25, 0.3) is 0 Å². The van der Waals surface area contributed by atoms with Crippen LogP contribution >= 0.6 is 23.8 Å². The fourth-order valence-electron chi connectivity index (χ4n) is 3.29. The normalized spacial score (nSPS) is 13.5. The molecule has 1 aliphatic rings. The molecule has 7 heteroatoms. The molecule has 1 aliphatic heterocycles. The second-order valence-electron chi connectivity index (χ2n) is 6.57. The Labute approximate surface area is 168 Å². The summed E-state index contributed by atoms with van der Waals surface area (Å²) in [6.45, 7) is 0.976. The maximum atomic E-state index is 6.02. The Balaban J connectivity index is 1.51. The third-order valence-electron chi connectivity index (χ3n) is 4.57. The number of benzene rings is 2. The van der Waals surface area contributed by atoms with Gasteiger partial charge in [0, 0.05) is 34.9 Å². The zero-order valence-electron chi connectivity index (χ0n) is 14.8. The fourth-order valence-corrected chi connectivity index (χ4v) is 3.72. The number of rotatable bonds is 3. The molecule has 0 amide bonds. The Kier molecular flexibility index (Phi) is 5.36. The van der Waals surface area contributed by atoms with Gasteiger partial charge in [-0.3, -0.25) is 0 Å². The number of nitrogens with zero attached hydrogens (tertiary/aromatic N) is 3. The molecule has 0 radical (unpaired) electrons. The first kappa shape index (κ1) is 17.9. The number of thiocarbonyl (C=S) groups is 1. The summed E-state index contributed by atoms with van der Waals surface area (Å²) < 4.78 is 2.24. The second kappa shape index (κ2) is 8.06. The first-order valence-electron chi connectivity index (χ1n) is 9.05. The van der Waals surface area contributed by atoms with Crippen LogP contribution in [0.15, 0.2) is 48.5 Å². The van der Waals surface area contributed by atoms with Crippen molar-refractivity contribution in [1.29, 1.82) is 0 Å². The molecule has 2 aromatic carbocycles. The highest BCUT2D eigenvalue weighted by Gasteiger charge is 2.16. The lowest BCUT2D eigenvalue weighted by atomic mass is 10.2. The van der Waals surface area contributed by atoms with E-state index >= 15 is 0 Å². The summed E-state index contributed by atoms with van der Waals surface area (Å²) in [6, 6.07) is 15.5. The van der Waals surface area contributed by atoms with Crippen LogP contribution in [0.25, 0.3) is 11.4 Å². The highest BCUT2D eigenvalue weighted by Crippen LogP contribution is 2.25. The van der Waals surface area contributed by atoms with E-state index in [0.29, 0.717) is 10.1 Å². The third kappa shape index (κ3) is 4.28. The molecule has 3 aromatic rings. The van der Waals surface area contributed by atoms with E-state index < -0.39 is 0 Å². The average Bonchev–Trinajstić information content (AvgIpc) is 2.90. The minimum Gasteiger partial charge on any atom is -0.332 e. The van der Waals surface area contributed by atoms with Crippen molar-refractivity contribution in [3.05, 3.63) is 59.4 Å². The minimum absolute atomic E-state index is 0.509. The first-order valence-corrected chi connectivity index (χ1v) is 9.84. The number of aryl methyl sites for hydroxylation is 1. The Morgan fingerprint density at radius 3 is 2.56 bits per heavy atom. The van der Waals surface area contributed by atoms with Crippen LogP contribution in [0.1, 0.15) is 25.1 Å². The lowest BCUT2D eigenvalue weighted by molar-refractivity contribution is 0.636. The molecule has 2 N–H and O–H groups in total. The van der Waals surface area contributed by atoms with E-state index in [1.165, 1.54) is 19.3 Å². The van der Waals surface area contributed by atoms with E-state index in [1.54, 1.807) is 0 Å². The van der Waals surface area contributed by atoms with Gasteiger partial charge in [-0.05, 0) is 55.4 Å². The van der Waals surface area contributed by atoms with Crippen LogP contribution in [0.2, 0.25) is 5.02 Å². The smallest absolute Gasteiger partial charge is 0.175 e. The van der Waals surface area contributed by atoms with Crippen LogP contribution in [0.4, 0.5) is 11.4 Å². The molecule has 4 rings (SSSR count). The van der Waals surface area contributed by atoms with Gasteiger partial charge in [0.2, 0.25) is 0 Å². The molecule has 0 spiro atoms. The first-order chi connectivity index (χ1) is 13.2. The number of halogens is 1. The standard InChI is InChI=1S/C20H20ClN5S/c21-15-7-5-9-17(13-15)23-20(27)22-16-8-4-6-14(12-16)19-25-24-18-10-2-1-3-11-26(18)19/h4-9,12-13H,1-3,10-11H2,(H2,22,23,27). The van der Waals surface area contributed by atoms with Crippen LogP contribution in [0.5, 0.6) is 0 Å². The minimum atomic E-state index is 0.509. The molecule has 0 atom stereocenters. The SMILES string of the molecule is S=C(Nc1cccc(Cl)c1)Nc1cccc(-c2nnc3n2CCCCC3)c1. The average molecular weight is 398 g/mol. The van der Waals surface area contributed by atoms with Crippen molar-refractivity contribution >= 4 is 40.3 Å². The van der Waals surface area contributed by atoms with Crippen LogP contribution in [-0.2, 0) is 13.0 Å². The highest BCUT2D eigenvalue weighted by atomic mass is 35.5. The molecule has 5 nitrogen and oxygen atoms in total. The molecular weight excluding hydrogens is 378 g/mol. The number of hydrogen-bond acceptors (Lipinski definition) is 3. The molecule has 27 heavy (non-hydrogen) atoms. The summed E-state index contributed by atoms with van der Waals surface area (Å²) in [6.07, 6.45) is 4.60. The van der Waals surface area contributed by atoms with E-state index in [4.69, 9.17) is 23.8 Å². The van der Waals surface area contributed by atoms with E-state index in [1.807, 2.05) is 42.5 Å². The lowest BCUT2D eigenvalue weighted by Gasteiger charge is -2.12. The summed E-state index contributed by atoms with van der Waals surface area (Å²) >= 11 is 11.4. The molecule has 0 saturated heterocycles. The zero-order valence-corrected chi connectivity index (χ0v) is 16.4. The maximum absolute atomic E-state index is 6.02. The maximum Gasteiger partial charge on any atom is 0.175 e. The second-order valence-corrected chi connectivity index (χ2v) is 7.42. The van der Waals surface area contributed by atoms with Gasteiger partial charge in [-0.25, -0.2) is 0 Å². The van der Waals surface area contributed by atoms with Crippen LogP contribution in [-0.4, -0.2) is 19.9 Å². The molecule has 2 heterocycles. The van der Waals surface area contributed by atoms with E-state index in [2.05, 4.69) is 31.5 Å². The van der Waals surface area contributed by atoms with Crippen molar-refractivity contribution in [2.24, 2.45) is 0 Å². The van der Waals surface area contributed by atoms with Gasteiger partial charge in [-0.1, -0.05) is 36.2 Å². The largest absolute Gasteiger partial charge is 0.332 e. The zero-order chi connectivity index (χ0) is 18.6. The predicted octanol–water partition coefficient (Wildman–Crippen LogP) is 5.13. The summed E-state index contributed by atoms with van der Waals surface area (Å²) in [5, 5.41) is 16.4. The van der Waals surface area contributed by atoms with Gasteiger partial charge >= 0.3 is 0 Å². The molecule has 0 aliphatic carbocycles. The van der Waals surface area contributed by atoms with Crippen molar-refractivity contribution in [3.63, 3.8) is 0 Å². The third-order valence-corrected chi connectivity index (χ3v) is 5.01. The number of hydrogen-bond donors (Lipinski definition) is 2. The fraction of sp³-hybridized carbons (Fsp3) is 0.250. The Hall–Kier alpha value is -2.44. The molecule has 0 bridgehead atoms. The van der Waals surface area contributed by atoms with Gasteiger partial charge in [-0.15, -0.1) is 10.2 Å². The summed E-state index contributed by atoms with van der Waals surface area (Å²) in [5.41, 5.74) is 2.78. The van der Waals surface area contributed by atoms with Gasteiger partial charge in [0.1, 0.15) is 5.82 Å². The quantitative estimate of drug-likeness (QED) is 0.600. The van der Waals surface area contributed by atoms with E-state index in [0.717, 1.165) is 41.6 Å². The highest BCUT2D eigenvalue weighted by molar-refractivity contribution is 7.80. The van der Waals surface area contributed by atoms with Crippen LogP contribution < -0.4 is 10.6 Å². The monoisotopic (exact) mass is 397 g/mol. The molecule has 0 fully saturated rings. The number of anilines is 2. The van der Waals surface area contributed by atoms with E-state index in [9.17, 15) is 0 Å². The summed E-state index contributed by atoms with van der Waals surface area (Å²) in [4.78, 5) is 0. The van der Waals surface area contributed by atoms with Gasteiger partial charge in [0.05, 0.1) is 0 Å². The summed E-state index contributed by atoms with van der Waals surface area (Å²) in [7, 11) is 0. The topological polar surface area (TPSA) is 54.8 Å². The lowest BCUT2D eigenvalue weighted by Crippen LogP contribution is -2.19. The predicted molar refractivity (Wildman–Crippen MR) is 114 cm³/mol. The van der Waals surface area contributed by atoms with Gasteiger partial charge < -0.3 is 15.2 Å². The van der Waals surface area contributed by atoms with Crippen molar-refractivity contribution < 1.29 is 0 Å². The van der Waals surface area contributed by atoms with E-state index in [-0.39, 0.29) is 0 Å². The number of fused-ring (bicyclic) bond motifs is 1. The van der Waals surface area contributed by atoms with Crippen molar-refractivity contribution in [3.8, 4) is 11.4 Å².